The Balaban J connectivity index is 1.48. The number of nitrogens with zero attached hydrogens (tertiary/aromatic N) is 2. The molecule has 1 aromatic heterocycles. The zero-order valence-corrected chi connectivity index (χ0v) is 16.1. The summed E-state index contributed by atoms with van der Waals surface area (Å²) < 4.78 is 0. The average Bonchev–Trinajstić information content (AvgIpc) is 3.11. The fourth-order valence-corrected chi connectivity index (χ4v) is 4.48. The van der Waals surface area contributed by atoms with Crippen LogP contribution in [0.1, 0.15) is 40.7 Å². The number of rotatable bonds is 3. The highest BCUT2D eigenvalue weighted by molar-refractivity contribution is 5.95. The molecule has 1 N–H and O–H groups in total. The number of benzene rings is 1. The van der Waals surface area contributed by atoms with Crippen LogP contribution in [0.15, 0.2) is 47.4 Å². The largest absolute Gasteiger partial charge is 0.338 e. The van der Waals surface area contributed by atoms with Crippen molar-refractivity contribution in [3.8, 4) is 0 Å². The van der Waals surface area contributed by atoms with Crippen LogP contribution in [0, 0.1) is 12.3 Å². The van der Waals surface area contributed by atoms with Crippen molar-refractivity contribution < 1.29 is 9.59 Å². The molecule has 3 heterocycles. The fourth-order valence-electron chi connectivity index (χ4n) is 4.48. The van der Waals surface area contributed by atoms with E-state index in [-0.39, 0.29) is 17.4 Å². The third-order valence-electron chi connectivity index (χ3n) is 5.95. The number of pyridine rings is 1. The van der Waals surface area contributed by atoms with Crippen LogP contribution in [-0.4, -0.2) is 46.2 Å². The van der Waals surface area contributed by atoms with Gasteiger partial charge in [0.2, 0.25) is 11.5 Å². The Bertz CT molecular complexity index is 947. The zero-order valence-electron chi connectivity index (χ0n) is 16.1. The highest BCUT2D eigenvalue weighted by Crippen LogP contribution is 2.40. The van der Waals surface area contributed by atoms with E-state index in [0.29, 0.717) is 31.6 Å². The molecule has 1 unspecified atom stereocenters. The molecule has 0 radical (unpaired) electrons. The standard InChI is InChI=1S/C22H25N3O3/c1-16-4-2-5-17(12-16)14-24-10-3-8-22(21(24)28)9-11-25(15-22)20(27)18-6-7-19(26)23-13-18/h2,4-7,12-13H,3,8-11,14-15H2,1H3,(H,23,26). The number of aromatic nitrogens is 1. The van der Waals surface area contributed by atoms with Gasteiger partial charge in [-0.05, 0) is 37.8 Å². The maximum Gasteiger partial charge on any atom is 0.255 e. The molecule has 2 aromatic rings. The van der Waals surface area contributed by atoms with Crippen LogP contribution >= 0.6 is 0 Å². The second kappa shape index (κ2) is 7.26. The van der Waals surface area contributed by atoms with Crippen LogP contribution in [0.25, 0.3) is 0 Å². The smallest absolute Gasteiger partial charge is 0.255 e. The number of nitrogens with one attached hydrogen (secondary N) is 1. The third-order valence-corrected chi connectivity index (χ3v) is 5.95. The number of carbonyl (C=O) groups is 2. The highest BCUT2D eigenvalue weighted by Gasteiger charge is 2.49. The number of hydrogen-bond donors (Lipinski definition) is 1. The van der Waals surface area contributed by atoms with E-state index >= 15 is 0 Å². The number of aryl methyl sites for hydroxylation is 1. The topological polar surface area (TPSA) is 73.5 Å². The van der Waals surface area contributed by atoms with E-state index in [1.807, 2.05) is 11.0 Å². The molecule has 0 aliphatic carbocycles. The van der Waals surface area contributed by atoms with Crippen molar-refractivity contribution in [2.75, 3.05) is 19.6 Å². The summed E-state index contributed by atoms with van der Waals surface area (Å²) in [5, 5.41) is 0. The van der Waals surface area contributed by atoms with Gasteiger partial charge in [0.1, 0.15) is 0 Å². The molecule has 1 atom stereocenters. The molecular weight excluding hydrogens is 354 g/mol. The van der Waals surface area contributed by atoms with E-state index < -0.39 is 5.41 Å². The number of aromatic amines is 1. The van der Waals surface area contributed by atoms with Crippen molar-refractivity contribution in [1.82, 2.24) is 14.8 Å². The summed E-state index contributed by atoms with van der Waals surface area (Å²) >= 11 is 0. The van der Waals surface area contributed by atoms with Gasteiger partial charge >= 0.3 is 0 Å². The minimum atomic E-state index is -0.472. The third kappa shape index (κ3) is 3.46. The summed E-state index contributed by atoms with van der Waals surface area (Å²) in [6.07, 6.45) is 3.93. The number of hydrogen-bond acceptors (Lipinski definition) is 3. The van der Waals surface area contributed by atoms with Gasteiger partial charge in [-0.15, -0.1) is 0 Å². The van der Waals surface area contributed by atoms with Crippen LogP contribution in [0.5, 0.6) is 0 Å². The Hall–Kier alpha value is -2.89. The Kier molecular flexibility index (Phi) is 4.79. The van der Waals surface area contributed by atoms with Gasteiger partial charge in [-0.3, -0.25) is 14.4 Å². The van der Waals surface area contributed by atoms with Crippen molar-refractivity contribution >= 4 is 11.8 Å². The summed E-state index contributed by atoms with van der Waals surface area (Å²) in [6, 6.07) is 11.2. The van der Waals surface area contributed by atoms with Crippen LogP contribution in [0.4, 0.5) is 0 Å². The molecule has 0 bridgehead atoms. The van der Waals surface area contributed by atoms with E-state index in [1.165, 1.54) is 17.8 Å². The minimum absolute atomic E-state index is 0.128. The number of carbonyl (C=O) groups excluding carboxylic acids is 2. The van der Waals surface area contributed by atoms with Gasteiger partial charge in [-0.25, -0.2) is 0 Å². The van der Waals surface area contributed by atoms with Gasteiger partial charge in [0, 0.05) is 38.4 Å². The molecule has 2 fully saturated rings. The predicted molar refractivity (Wildman–Crippen MR) is 106 cm³/mol. The summed E-state index contributed by atoms with van der Waals surface area (Å²) in [5.41, 5.74) is 2.08. The second-order valence-corrected chi connectivity index (χ2v) is 8.02. The Morgan fingerprint density at radius 3 is 2.75 bits per heavy atom. The van der Waals surface area contributed by atoms with Crippen molar-refractivity contribution in [2.24, 2.45) is 5.41 Å². The molecule has 2 aliphatic heterocycles. The van der Waals surface area contributed by atoms with Crippen molar-refractivity contribution in [2.45, 2.75) is 32.7 Å². The van der Waals surface area contributed by atoms with Crippen LogP contribution in [-0.2, 0) is 11.3 Å². The number of amides is 2. The lowest BCUT2D eigenvalue weighted by molar-refractivity contribution is -0.146. The van der Waals surface area contributed by atoms with Crippen LogP contribution in [0.2, 0.25) is 0 Å². The molecular formula is C22H25N3O3. The number of likely N-dealkylation sites (tertiary alicyclic amines) is 2. The van der Waals surface area contributed by atoms with E-state index in [1.54, 1.807) is 11.0 Å². The molecule has 28 heavy (non-hydrogen) atoms. The van der Waals surface area contributed by atoms with Gasteiger partial charge in [0.05, 0.1) is 11.0 Å². The molecule has 1 aromatic carbocycles. The van der Waals surface area contributed by atoms with Gasteiger partial charge in [-0.1, -0.05) is 29.8 Å². The van der Waals surface area contributed by atoms with Crippen molar-refractivity contribution in [1.29, 1.82) is 0 Å². The first-order valence-corrected chi connectivity index (χ1v) is 9.80. The molecule has 146 valence electrons. The van der Waals surface area contributed by atoms with E-state index in [0.717, 1.165) is 24.9 Å². The van der Waals surface area contributed by atoms with E-state index in [4.69, 9.17) is 0 Å². The lowest BCUT2D eigenvalue weighted by atomic mass is 9.78. The first-order valence-electron chi connectivity index (χ1n) is 9.80. The lowest BCUT2D eigenvalue weighted by Gasteiger charge is -2.39. The van der Waals surface area contributed by atoms with Crippen LogP contribution < -0.4 is 5.56 Å². The summed E-state index contributed by atoms with van der Waals surface area (Å²) in [5.74, 6) is 0.0359. The molecule has 6 nitrogen and oxygen atoms in total. The maximum absolute atomic E-state index is 13.3. The van der Waals surface area contributed by atoms with Gasteiger partial charge in [0.25, 0.3) is 5.91 Å². The minimum Gasteiger partial charge on any atom is -0.338 e. The molecule has 6 heteroatoms. The highest BCUT2D eigenvalue weighted by atomic mass is 16.2. The SMILES string of the molecule is Cc1cccc(CN2CCCC3(CCN(C(=O)c4ccc(=O)[nH]c4)C3)C2=O)c1. The Morgan fingerprint density at radius 1 is 1.14 bits per heavy atom. The van der Waals surface area contributed by atoms with Gasteiger partial charge < -0.3 is 14.8 Å². The molecule has 2 amide bonds. The van der Waals surface area contributed by atoms with Gasteiger partial charge in [-0.2, -0.15) is 0 Å². The molecule has 2 aliphatic rings. The predicted octanol–water partition coefficient (Wildman–Crippen LogP) is 2.34. The van der Waals surface area contributed by atoms with E-state index in [2.05, 4.69) is 30.1 Å². The van der Waals surface area contributed by atoms with Gasteiger partial charge in [0.15, 0.2) is 0 Å². The zero-order chi connectivity index (χ0) is 19.7. The van der Waals surface area contributed by atoms with Crippen molar-refractivity contribution in [3.05, 3.63) is 69.6 Å². The first kappa shape index (κ1) is 18.5. The first-order chi connectivity index (χ1) is 13.5. The fraction of sp³-hybridized carbons (Fsp3) is 0.409. The molecule has 1 spiro atoms. The Labute approximate surface area is 164 Å². The molecule has 2 saturated heterocycles. The van der Waals surface area contributed by atoms with E-state index in [9.17, 15) is 14.4 Å². The van der Waals surface area contributed by atoms with Crippen molar-refractivity contribution in [3.63, 3.8) is 0 Å². The summed E-state index contributed by atoms with van der Waals surface area (Å²) in [7, 11) is 0. The quantitative estimate of drug-likeness (QED) is 0.890. The number of piperidine rings is 1. The molecule has 0 saturated carbocycles. The normalized spacial score (nSPS) is 22.1. The monoisotopic (exact) mass is 379 g/mol. The maximum atomic E-state index is 13.3. The molecule has 4 rings (SSSR count). The van der Waals surface area contributed by atoms with Crippen LogP contribution in [0.3, 0.4) is 0 Å². The Morgan fingerprint density at radius 2 is 2.00 bits per heavy atom. The summed E-state index contributed by atoms with van der Waals surface area (Å²) in [4.78, 5) is 43.6. The summed E-state index contributed by atoms with van der Waals surface area (Å²) in [6.45, 7) is 4.47. The average molecular weight is 379 g/mol. The number of H-pyrrole nitrogens is 1. The lowest BCUT2D eigenvalue weighted by Crippen LogP contribution is -2.50. The second-order valence-electron chi connectivity index (χ2n) is 8.02.